The van der Waals surface area contributed by atoms with Crippen molar-refractivity contribution in [3.63, 3.8) is 0 Å². The lowest BCUT2D eigenvalue weighted by atomic mass is 10.2. The summed E-state index contributed by atoms with van der Waals surface area (Å²) in [6.07, 6.45) is 1.85. The average molecular weight is 308 g/mol. The second kappa shape index (κ2) is 4.50. The van der Waals surface area contributed by atoms with Gasteiger partial charge in [-0.15, -0.1) is 11.3 Å². The van der Waals surface area contributed by atoms with Gasteiger partial charge < -0.3 is 5.32 Å². The van der Waals surface area contributed by atoms with Crippen LogP contribution in [0.3, 0.4) is 0 Å². The van der Waals surface area contributed by atoms with Gasteiger partial charge in [0.15, 0.2) is 0 Å². The molecule has 3 rings (SSSR count). The summed E-state index contributed by atoms with van der Waals surface area (Å²) in [6.45, 7) is 0.834. The molecule has 2 N–H and O–H groups in total. The number of fused-ring (bicyclic) bond motifs is 1. The van der Waals surface area contributed by atoms with E-state index in [2.05, 4.69) is 49.6 Å². The lowest BCUT2D eigenvalue weighted by molar-refractivity contribution is 1.12. The number of aromatic nitrogens is 2. The lowest BCUT2D eigenvalue weighted by Gasteiger charge is -2.05. The van der Waals surface area contributed by atoms with Gasteiger partial charge in [-0.2, -0.15) is 5.10 Å². The normalized spacial score (nSPS) is 10.9. The quantitative estimate of drug-likeness (QED) is 0.768. The first-order valence-corrected chi connectivity index (χ1v) is 6.84. The Kier molecular flexibility index (Phi) is 2.86. The third-order valence-corrected chi connectivity index (χ3v) is 4.19. The Morgan fingerprint density at radius 3 is 3.06 bits per heavy atom. The van der Waals surface area contributed by atoms with Gasteiger partial charge in [-0.05, 0) is 40.2 Å². The minimum absolute atomic E-state index is 0.834. The van der Waals surface area contributed by atoms with E-state index >= 15 is 0 Å². The van der Waals surface area contributed by atoms with Crippen molar-refractivity contribution in [2.45, 2.75) is 6.54 Å². The molecule has 0 aliphatic rings. The summed E-state index contributed by atoms with van der Waals surface area (Å²) < 4.78 is 1.16. The van der Waals surface area contributed by atoms with Crippen LogP contribution in [-0.4, -0.2) is 10.2 Å². The Labute approximate surface area is 111 Å². The number of benzene rings is 1. The van der Waals surface area contributed by atoms with Crippen molar-refractivity contribution in [3.05, 3.63) is 45.2 Å². The Morgan fingerprint density at radius 1 is 1.29 bits per heavy atom. The van der Waals surface area contributed by atoms with Gasteiger partial charge in [-0.1, -0.05) is 6.07 Å². The fraction of sp³-hybridized carbons (Fsp3) is 0.0833. The van der Waals surface area contributed by atoms with Crippen molar-refractivity contribution in [3.8, 4) is 0 Å². The zero-order valence-corrected chi connectivity index (χ0v) is 11.3. The third kappa shape index (κ3) is 2.21. The van der Waals surface area contributed by atoms with E-state index in [0.717, 1.165) is 26.9 Å². The van der Waals surface area contributed by atoms with Crippen LogP contribution >= 0.6 is 27.3 Å². The fourth-order valence-corrected chi connectivity index (χ4v) is 3.17. The highest BCUT2D eigenvalue weighted by molar-refractivity contribution is 9.11. The van der Waals surface area contributed by atoms with Gasteiger partial charge in [0.25, 0.3) is 0 Å². The Balaban J connectivity index is 1.83. The molecular weight excluding hydrogens is 298 g/mol. The molecule has 2 aromatic heterocycles. The van der Waals surface area contributed by atoms with Crippen LogP contribution in [0.4, 0.5) is 5.69 Å². The van der Waals surface area contributed by atoms with E-state index in [1.54, 1.807) is 11.3 Å². The van der Waals surface area contributed by atoms with Crippen LogP contribution in [-0.2, 0) is 6.54 Å². The molecule has 0 radical (unpaired) electrons. The van der Waals surface area contributed by atoms with Crippen molar-refractivity contribution in [1.82, 2.24) is 10.2 Å². The van der Waals surface area contributed by atoms with Gasteiger partial charge in [0, 0.05) is 22.5 Å². The number of H-pyrrole nitrogens is 1. The number of halogens is 1. The van der Waals surface area contributed by atoms with Crippen LogP contribution in [0.25, 0.3) is 10.9 Å². The molecule has 1 aromatic carbocycles. The second-order valence-electron chi connectivity index (χ2n) is 3.70. The maximum atomic E-state index is 4.05. The van der Waals surface area contributed by atoms with Crippen molar-refractivity contribution in [2.24, 2.45) is 0 Å². The van der Waals surface area contributed by atoms with Crippen LogP contribution in [0.1, 0.15) is 4.88 Å². The van der Waals surface area contributed by atoms with Crippen LogP contribution in [0.2, 0.25) is 0 Å². The number of nitrogens with one attached hydrogen (secondary N) is 2. The molecular formula is C12H10BrN3S. The molecule has 86 valence electrons. The van der Waals surface area contributed by atoms with Gasteiger partial charge >= 0.3 is 0 Å². The van der Waals surface area contributed by atoms with Gasteiger partial charge in [0.2, 0.25) is 0 Å². The maximum Gasteiger partial charge on any atom is 0.0702 e. The molecule has 0 saturated heterocycles. The van der Waals surface area contributed by atoms with Gasteiger partial charge in [0.05, 0.1) is 15.5 Å². The monoisotopic (exact) mass is 307 g/mol. The molecule has 0 spiro atoms. The molecule has 0 unspecified atom stereocenters. The summed E-state index contributed by atoms with van der Waals surface area (Å²) in [5.41, 5.74) is 2.17. The smallest absolute Gasteiger partial charge is 0.0702 e. The SMILES string of the molecule is Brc1ccc(CNc2cccc3[nH]ncc23)s1. The highest BCUT2D eigenvalue weighted by atomic mass is 79.9. The van der Waals surface area contributed by atoms with E-state index < -0.39 is 0 Å². The summed E-state index contributed by atoms with van der Waals surface area (Å²) in [4.78, 5) is 1.30. The zero-order valence-electron chi connectivity index (χ0n) is 8.90. The summed E-state index contributed by atoms with van der Waals surface area (Å²) in [6, 6.07) is 10.3. The molecule has 5 heteroatoms. The number of nitrogens with zero attached hydrogens (tertiary/aromatic N) is 1. The van der Waals surface area contributed by atoms with Crippen LogP contribution in [0, 0.1) is 0 Å². The number of thiophene rings is 1. The molecule has 17 heavy (non-hydrogen) atoms. The van der Waals surface area contributed by atoms with Gasteiger partial charge in [0.1, 0.15) is 0 Å². The number of aromatic amines is 1. The first-order chi connectivity index (χ1) is 8.33. The Morgan fingerprint density at radius 2 is 2.24 bits per heavy atom. The molecule has 3 nitrogen and oxygen atoms in total. The minimum atomic E-state index is 0.834. The molecule has 0 saturated carbocycles. The van der Waals surface area contributed by atoms with Crippen LogP contribution in [0.5, 0.6) is 0 Å². The molecule has 0 fully saturated rings. The largest absolute Gasteiger partial charge is 0.380 e. The first kappa shape index (κ1) is 10.8. The fourth-order valence-electron chi connectivity index (χ4n) is 1.75. The average Bonchev–Trinajstić information content (AvgIpc) is 2.94. The summed E-state index contributed by atoms with van der Waals surface area (Å²) in [5.74, 6) is 0. The third-order valence-electron chi connectivity index (χ3n) is 2.57. The predicted molar refractivity (Wildman–Crippen MR) is 75.4 cm³/mol. The van der Waals surface area contributed by atoms with Crippen molar-refractivity contribution >= 4 is 43.9 Å². The van der Waals surface area contributed by atoms with E-state index in [9.17, 15) is 0 Å². The van der Waals surface area contributed by atoms with E-state index in [0.29, 0.717) is 0 Å². The van der Waals surface area contributed by atoms with E-state index in [-0.39, 0.29) is 0 Å². The molecule has 3 aromatic rings. The second-order valence-corrected chi connectivity index (χ2v) is 6.24. The molecule has 0 atom stereocenters. The van der Waals surface area contributed by atoms with Gasteiger partial charge in [-0.3, -0.25) is 5.10 Å². The lowest BCUT2D eigenvalue weighted by Crippen LogP contribution is -1.97. The number of rotatable bonds is 3. The standard InChI is InChI=1S/C12H10BrN3S/c13-12-5-4-8(17-12)6-14-10-2-1-3-11-9(10)7-15-16-11/h1-5,7,14H,6H2,(H,15,16). The minimum Gasteiger partial charge on any atom is -0.380 e. The summed E-state index contributed by atoms with van der Waals surface area (Å²) >= 11 is 5.21. The highest BCUT2D eigenvalue weighted by Gasteiger charge is 2.03. The Bertz CT molecular complexity index is 644. The van der Waals surface area contributed by atoms with Crippen LogP contribution < -0.4 is 5.32 Å². The van der Waals surface area contributed by atoms with E-state index in [1.807, 2.05) is 18.3 Å². The molecule has 0 amide bonds. The van der Waals surface area contributed by atoms with E-state index in [1.165, 1.54) is 4.88 Å². The van der Waals surface area contributed by atoms with Crippen LogP contribution in [0.15, 0.2) is 40.3 Å². The molecule has 0 aliphatic carbocycles. The topological polar surface area (TPSA) is 40.7 Å². The van der Waals surface area contributed by atoms with Crippen molar-refractivity contribution < 1.29 is 0 Å². The predicted octanol–water partition coefficient (Wildman–Crippen LogP) is 4.00. The van der Waals surface area contributed by atoms with E-state index in [4.69, 9.17) is 0 Å². The first-order valence-electron chi connectivity index (χ1n) is 5.23. The maximum absolute atomic E-state index is 4.05. The molecule has 0 aliphatic heterocycles. The number of hydrogen-bond donors (Lipinski definition) is 2. The van der Waals surface area contributed by atoms with Crippen molar-refractivity contribution in [2.75, 3.05) is 5.32 Å². The summed E-state index contributed by atoms with van der Waals surface area (Å²) in [7, 11) is 0. The van der Waals surface area contributed by atoms with Gasteiger partial charge in [-0.25, -0.2) is 0 Å². The number of anilines is 1. The Hall–Kier alpha value is -1.33. The number of hydrogen-bond acceptors (Lipinski definition) is 3. The highest BCUT2D eigenvalue weighted by Crippen LogP contribution is 2.25. The zero-order chi connectivity index (χ0) is 11.7. The van der Waals surface area contributed by atoms with Crippen molar-refractivity contribution in [1.29, 1.82) is 0 Å². The molecule has 2 heterocycles. The summed E-state index contributed by atoms with van der Waals surface area (Å²) in [5, 5.41) is 11.6. The molecule has 0 bridgehead atoms.